The molecule has 0 aliphatic carbocycles. The van der Waals surface area contributed by atoms with Crippen molar-refractivity contribution in [2.24, 2.45) is 0 Å². The molecule has 2 N–H and O–H groups in total. The second-order valence-corrected chi connectivity index (χ2v) is 4.36. The fourth-order valence-electron chi connectivity index (χ4n) is 0.907. The number of nitrogens with two attached hydrogens (primary N) is 1. The summed E-state index contributed by atoms with van der Waals surface area (Å²) in [7, 11) is -4.45. The Morgan fingerprint density at radius 2 is 1.93 bits per heavy atom. The van der Waals surface area contributed by atoms with E-state index in [1.54, 1.807) is 6.92 Å². The van der Waals surface area contributed by atoms with E-state index in [0.717, 1.165) is 6.07 Å². The minimum atomic E-state index is -4.45. The Labute approximate surface area is 99.4 Å². The van der Waals surface area contributed by atoms with Gasteiger partial charge < -0.3 is 10.3 Å². The number of aryl methyl sites for hydroxylation is 1. The molecule has 0 bridgehead atoms. The monoisotopic (exact) mass is 227 g/mol. The van der Waals surface area contributed by atoms with Gasteiger partial charge in [-0.3, -0.25) is 0 Å². The zero-order valence-electron chi connectivity index (χ0n) is 7.74. The standard InChI is InChI=1S/C7H8ClNO3S.Li/c1-4-2-5(13(10,11)12)3-6(9)7(4)8;/h2-3H,9H2,1H3,(H,10,11,12);/q;+1/p-1. The number of hydrogen-bond donors (Lipinski definition) is 1. The number of hydrogen-bond acceptors (Lipinski definition) is 4. The van der Waals surface area contributed by atoms with E-state index in [1.807, 2.05) is 0 Å². The number of benzene rings is 1. The van der Waals surface area contributed by atoms with Crippen LogP contribution in [0.1, 0.15) is 5.56 Å². The molecule has 0 saturated heterocycles. The first-order chi connectivity index (χ1) is 5.82. The second kappa shape index (κ2) is 4.56. The van der Waals surface area contributed by atoms with Crippen molar-refractivity contribution in [1.82, 2.24) is 0 Å². The first kappa shape index (κ1) is 13.8. The summed E-state index contributed by atoms with van der Waals surface area (Å²) in [6, 6.07) is 2.25. The van der Waals surface area contributed by atoms with Gasteiger partial charge in [-0.2, -0.15) is 0 Å². The van der Waals surface area contributed by atoms with Crippen molar-refractivity contribution in [2.45, 2.75) is 11.8 Å². The quantitative estimate of drug-likeness (QED) is 0.346. The van der Waals surface area contributed by atoms with Crippen molar-refractivity contribution < 1.29 is 31.8 Å². The van der Waals surface area contributed by atoms with Gasteiger partial charge in [-0.05, 0) is 24.6 Å². The second-order valence-electron chi connectivity index (χ2n) is 2.60. The van der Waals surface area contributed by atoms with Gasteiger partial charge in [0.05, 0.1) is 15.6 Å². The molecule has 7 heteroatoms. The number of rotatable bonds is 1. The summed E-state index contributed by atoms with van der Waals surface area (Å²) < 4.78 is 31.8. The predicted molar refractivity (Wildman–Crippen MR) is 48.6 cm³/mol. The third-order valence-electron chi connectivity index (χ3n) is 1.54. The van der Waals surface area contributed by atoms with E-state index in [4.69, 9.17) is 17.3 Å². The van der Waals surface area contributed by atoms with Crippen molar-refractivity contribution in [2.75, 3.05) is 5.73 Å². The Hall–Kier alpha value is -0.183. The van der Waals surface area contributed by atoms with Crippen LogP contribution < -0.4 is 24.6 Å². The molecule has 0 unspecified atom stereocenters. The normalized spacial score (nSPS) is 10.8. The van der Waals surface area contributed by atoms with Crippen LogP contribution in [0.4, 0.5) is 5.69 Å². The molecule has 0 fully saturated rings. The van der Waals surface area contributed by atoms with E-state index in [2.05, 4.69) is 0 Å². The summed E-state index contributed by atoms with van der Waals surface area (Å²) in [6.45, 7) is 1.58. The van der Waals surface area contributed by atoms with Gasteiger partial charge in [0.1, 0.15) is 10.1 Å². The maximum Gasteiger partial charge on any atom is 1.00 e. The summed E-state index contributed by atoms with van der Waals surface area (Å²) in [6.07, 6.45) is 0. The topological polar surface area (TPSA) is 83.2 Å². The summed E-state index contributed by atoms with van der Waals surface area (Å²) in [5, 5.41) is 0.271. The van der Waals surface area contributed by atoms with Gasteiger partial charge in [0.2, 0.25) is 0 Å². The van der Waals surface area contributed by atoms with E-state index in [1.165, 1.54) is 6.07 Å². The Balaban J connectivity index is 0.00000169. The van der Waals surface area contributed by atoms with Crippen LogP contribution in [0.25, 0.3) is 0 Å². The van der Waals surface area contributed by atoms with Gasteiger partial charge in [-0.1, -0.05) is 11.6 Å². The molecule has 0 spiro atoms. The van der Waals surface area contributed by atoms with Crippen LogP contribution in [0.3, 0.4) is 0 Å². The SMILES string of the molecule is Cc1cc(S(=O)(=O)[O-])cc(N)c1Cl.[Li+]. The molecule has 1 aromatic carbocycles. The van der Waals surface area contributed by atoms with E-state index in [-0.39, 0.29) is 34.5 Å². The number of anilines is 1. The molecule has 0 heterocycles. The third kappa shape index (κ3) is 2.91. The van der Waals surface area contributed by atoms with Crippen molar-refractivity contribution in [3.63, 3.8) is 0 Å². The van der Waals surface area contributed by atoms with Crippen molar-refractivity contribution in [1.29, 1.82) is 0 Å². The maximum absolute atomic E-state index is 10.6. The van der Waals surface area contributed by atoms with Gasteiger partial charge in [-0.15, -0.1) is 0 Å². The fraction of sp³-hybridized carbons (Fsp3) is 0.143. The molecule has 0 aromatic heterocycles. The minimum absolute atomic E-state index is 0. The fourth-order valence-corrected chi connectivity index (χ4v) is 1.61. The Morgan fingerprint density at radius 3 is 2.29 bits per heavy atom. The molecule has 1 rings (SSSR count). The van der Waals surface area contributed by atoms with Gasteiger partial charge in [0, 0.05) is 0 Å². The van der Waals surface area contributed by atoms with Crippen LogP contribution in [0, 0.1) is 6.92 Å². The summed E-state index contributed by atoms with van der Waals surface area (Å²) in [5.74, 6) is 0. The Kier molecular flexibility index (Phi) is 4.50. The number of halogens is 1. The van der Waals surface area contributed by atoms with Crippen molar-refractivity contribution in [3.8, 4) is 0 Å². The summed E-state index contributed by atoms with van der Waals surface area (Å²) in [5.41, 5.74) is 5.95. The third-order valence-corrected chi connectivity index (χ3v) is 2.87. The van der Waals surface area contributed by atoms with Crippen LogP contribution in [0.5, 0.6) is 0 Å². The van der Waals surface area contributed by atoms with E-state index < -0.39 is 10.1 Å². The molecule has 0 amide bonds. The molecule has 0 atom stereocenters. The first-order valence-corrected chi connectivity index (χ1v) is 5.12. The van der Waals surface area contributed by atoms with E-state index in [9.17, 15) is 13.0 Å². The molecule has 72 valence electrons. The van der Waals surface area contributed by atoms with E-state index in [0.29, 0.717) is 5.56 Å². The molecular formula is C7H7ClLiNO3S. The van der Waals surface area contributed by atoms with Gasteiger partial charge >= 0.3 is 18.9 Å². The van der Waals surface area contributed by atoms with Gasteiger partial charge in [-0.25, -0.2) is 8.42 Å². The zero-order valence-corrected chi connectivity index (χ0v) is 9.32. The molecule has 0 radical (unpaired) electrons. The molecule has 4 nitrogen and oxygen atoms in total. The van der Waals surface area contributed by atoms with Gasteiger partial charge in [0.25, 0.3) is 0 Å². The predicted octanol–water partition coefficient (Wildman–Crippen LogP) is -1.86. The first-order valence-electron chi connectivity index (χ1n) is 3.34. The average Bonchev–Trinajstić information content (AvgIpc) is 1.97. The maximum atomic E-state index is 10.6. The van der Waals surface area contributed by atoms with Gasteiger partial charge in [0.15, 0.2) is 0 Å². The van der Waals surface area contributed by atoms with Crippen molar-refractivity contribution in [3.05, 3.63) is 22.7 Å². The molecule has 1 aromatic rings. The Morgan fingerprint density at radius 1 is 1.43 bits per heavy atom. The Bertz CT molecular complexity index is 423. The number of nitrogen functional groups attached to an aromatic ring is 1. The van der Waals surface area contributed by atoms with E-state index >= 15 is 0 Å². The molecule has 0 aliphatic rings. The largest absolute Gasteiger partial charge is 1.00 e. The molecule has 0 aliphatic heterocycles. The minimum Gasteiger partial charge on any atom is -0.744 e. The molecule has 14 heavy (non-hydrogen) atoms. The summed E-state index contributed by atoms with van der Waals surface area (Å²) in [4.78, 5) is -0.355. The molecule has 0 saturated carbocycles. The van der Waals surface area contributed by atoms with Crippen LogP contribution in [0.15, 0.2) is 17.0 Å². The average molecular weight is 228 g/mol. The van der Waals surface area contributed by atoms with Crippen LogP contribution in [0.2, 0.25) is 5.02 Å². The molecular weight excluding hydrogens is 221 g/mol. The van der Waals surface area contributed by atoms with Crippen molar-refractivity contribution >= 4 is 27.4 Å². The van der Waals surface area contributed by atoms with Crippen LogP contribution >= 0.6 is 11.6 Å². The zero-order chi connectivity index (χ0) is 10.2. The smallest absolute Gasteiger partial charge is 0.744 e. The van der Waals surface area contributed by atoms with Crippen LogP contribution in [-0.4, -0.2) is 13.0 Å². The van der Waals surface area contributed by atoms with Crippen LogP contribution in [-0.2, 0) is 10.1 Å². The summed E-state index contributed by atoms with van der Waals surface area (Å²) >= 11 is 5.68.